The Morgan fingerprint density at radius 3 is 2.59 bits per heavy atom. The Morgan fingerprint density at radius 2 is 1.83 bits per heavy atom. The third-order valence-corrected chi connectivity index (χ3v) is 5.46. The van der Waals surface area contributed by atoms with Gasteiger partial charge in [0.15, 0.2) is 0 Å². The molecule has 1 fully saturated rings. The SMILES string of the molecule is O=C(Cc1c(-c2ccccc2)[nH]c2ccccc12)N(Cc1cnccn1)C1CC1. The minimum atomic E-state index is 0.139. The summed E-state index contributed by atoms with van der Waals surface area (Å²) in [4.78, 5) is 27.4. The molecule has 1 aliphatic rings. The zero-order valence-electron chi connectivity index (χ0n) is 16.1. The van der Waals surface area contributed by atoms with Crippen LogP contribution in [0, 0.1) is 0 Å². The molecule has 0 saturated heterocycles. The normalized spacial score (nSPS) is 13.5. The first-order valence-corrected chi connectivity index (χ1v) is 9.99. The van der Waals surface area contributed by atoms with Gasteiger partial charge in [0.1, 0.15) is 0 Å². The van der Waals surface area contributed by atoms with Crippen LogP contribution in [0.2, 0.25) is 0 Å². The van der Waals surface area contributed by atoms with Crippen molar-refractivity contribution in [3.8, 4) is 11.3 Å². The Kier molecular flexibility index (Phi) is 4.56. The van der Waals surface area contributed by atoms with E-state index in [1.54, 1.807) is 18.6 Å². The van der Waals surface area contributed by atoms with Crippen molar-refractivity contribution in [2.24, 2.45) is 0 Å². The fraction of sp³-hybridized carbons (Fsp3) is 0.208. The van der Waals surface area contributed by atoms with Crippen molar-refractivity contribution in [1.29, 1.82) is 0 Å². The Morgan fingerprint density at radius 1 is 1.03 bits per heavy atom. The van der Waals surface area contributed by atoms with E-state index in [-0.39, 0.29) is 5.91 Å². The highest BCUT2D eigenvalue weighted by Crippen LogP contribution is 2.33. The van der Waals surface area contributed by atoms with Crippen LogP contribution < -0.4 is 0 Å². The topological polar surface area (TPSA) is 61.9 Å². The average Bonchev–Trinajstić information content (AvgIpc) is 3.55. The molecule has 144 valence electrons. The summed E-state index contributed by atoms with van der Waals surface area (Å²) in [6, 6.07) is 18.7. The maximum atomic E-state index is 13.4. The molecule has 0 aliphatic heterocycles. The lowest BCUT2D eigenvalue weighted by molar-refractivity contribution is -0.131. The van der Waals surface area contributed by atoms with E-state index in [1.165, 1.54) is 0 Å². The van der Waals surface area contributed by atoms with E-state index >= 15 is 0 Å². The summed E-state index contributed by atoms with van der Waals surface area (Å²) in [5.74, 6) is 0.139. The summed E-state index contributed by atoms with van der Waals surface area (Å²) in [5.41, 5.74) is 5.06. The van der Waals surface area contributed by atoms with Crippen molar-refractivity contribution in [2.75, 3.05) is 0 Å². The molecule has 2 heterocycles. The monoisotopic (exact) mass is 382 g/mol. The number of carbonyl (C=O) groups excluding carboxylic acids is 1. The number of H-pyrrole nitrogens is 1. The maximum absolute atomic E-state index is 13.4. The average molecular weight is 382 g/mol. The second kappa shape index (κ2) is 7.51. The standard InChI is InChI=1S/C24H22N4O/c29-23(28(19-10-11-19)16-18-15-25-12-13-26-18)14-21-20-8-4-5-9-22(20)27-24(21)17-6-2-1-3-7-17/h1-9,12-13,15,19,27H,10-11,14,16H2. The number of benzene rings is 2. The van der Waals surface area contributed by atoms with Gasteiger partial charge in [0.2, 0.25) is 5.91 Å². The highest BCUT2D eigenvalue weighted by atomic mass is 16.2. The molecule has 0 atom stereocenters. The predicted molar refractivity (Wildman–Crippen MR) is 113 cm³/mol. The number of fused-ring (bicyclic) bond motifs is 1. The number of carbonyl (C=O) groups is 1. The number of nitrogens with zero attached hydrogens (tertiary/aromatic N) is 3. The second-order valence-electron chi connectivity index (χ2n) is 7.52. The number of rotatable bonds is 6. The van der Waals surface area contributed by atoms with Crippen LogP contribution in [0.25, 0.3) is 22.2 Å². The lowest BCUT2D eigenvalue weighted by atomic mass is 10.0. The summed E-state index contributed by atoms with van der Waals surface area (Å²) in [5, 5.41) is 1.11. The fourth-order valence-corrected chi connectivity index (χ4v) is 3.88. The summed E-state index contributed by atoms with van der Waals surface area (Å²) in [6.07, 6.45) is 7.56. The second-order valence-corrected chi connectivity index (χ2v) is 7.52. The Bertz CT molecular complexity index is 1130. The Balaban J connectivity index is 1.49. The van der Waals surface area contributed by atoms with Gasteiger partial charge in [-0.1, -0.05) is 48.5 Å². The number of nitrogens with one attached hydrogen (secondary N) is 1. The van der Waals surface area contributed by atoms with Gasteiger partial charge in [0.05, 0.1) is 30.6 Å². The lowest BCUT2D eigenvalue weighted by Gasteiger charge is -2.22. The van der Waals surface area contributed by atoms with E-state index in [4.69, 9.17) is 0 Å². The van der Waals surface area contributed by atoms with Gasteiger partial charge in [0.25, 0.3) is 0 Å². The van der Waals surface area contributed by atoms with Crippen molar-refractivity contribution in [1.82, 2.24) is 19.9 Å². The maximum Gasteiger partial charge on any atom is 0.227 e. The molecule has 5 heteroatoms. The molecule has 0 bridgehead atoms. The van der Waals surface area contributed by atoms with Crippen LogP contribution >= 0.6 is 0 Å². The molecule has 29 heavy (non-hydrogen) atoms. The molecule has 5 nitrogen and oxygen atoms in total. The largest absolute Gasteiger partial charge is 0.354 e. The van der Waals surface area contributed by atoms with Crippen LogP contribution in [0.1, 0.15) is 24.1 Å². The van der Waals surface area contributed by atoms with Crippen molar-refractivity contribution in [3.63, 3.8) is 0 Å². The molecule has 1 amide bonds. The Hall–Kier alpha value is -3.47. The van der Waals surface area contributed by atoms with E-state index in [9.17, 15) is 4.79 Å². The molecule has 0 spiro atoms. The van der Waals surface area contributed by atoms with Gasteiger partial charge in [-0.15, -0.1) is 0 Å². The highest BCUT2D eigenvalue weighted by Gasteiger charge is 2.33. The molecule has 2 aromatic carbocycles. The van der Waals surface area contributed by atoms with Crippen LogP contribution in [0.3, 0.4) is 0 Å². The molecular formula is C24H22N4O. The zero-order chi connectivity index (χ0) is 19.6. The van der Waals surface area contributed by atoms with E-state index in [1.807, 2.05) is 35.2 Å². The van der Waals surface area contributed by atoms with Crippen molar-refractivity contribution < 1.29 is 4.79 Å². The van der Waals surface area contributed by atoms with E-state index in [0.717, 1.165) is 46.3 Å². The molecule has 1 aliphatic carbocycles. The Labute approximate surface area is 169 Å². The molecule has 2 aromatic heterocycles. The van der Waals surface area contributed by atoms with Gasteiger partial charge in [0, 0.05) is 29.3 Å². The molecule has 0 radical (unpaired) electrons. The highest BCUT2D eigenvalue weighted by molar-refractivity contribution is 5.95. The van der Waals surface area contributed by atoms with Gasteiger partial charge in [-0.05, 0) is 30.0 Å². The van der Waals surface area contributed by atoms with E-state index in [2.05, 4.69) is 39.2 Å². The summed E-state index contributed by atoms with van der Waals surface area (Å²) < 4.78 is 0. The van der Waals surface area contributed by atoms with E-state index < -0.39 is 0 Å². The van der Waals surface area contributed by atoms with Crippen molar-refractivity contribution >= 4 is 16.8 Å². The van der Waals surface area contributed by atoms with E-state index in [0.29, 0.717) is 19.0 Å². The first kappa shape index (κ1) is 17.6. The van der Waals surface area contributed by atoms with Crippen LogP contribution in [-0.4, -0.2) is 31.8 Å². The van der Waals surface area contributed by atoms with Crippen LogP contribution in [-0.2, 0) is 17.8 Å². The predicted octanol–water partition coefficient (Wildman–Crippen LogP) is 4.36. The fourth-order valence-electron chi connectivity index (χ4n) is 3.88. The summed E-state index contributed by atoms with van der Waals surface area (Å²) >= 11 is 0. The zero-order valence-corrected chi connectivity index (χ0v) is 16.1. The molecular weight excluding hydrogens is 360 g/mol. The lowest BCUT2D eigenvalue weighted by Crippen LogP contribution is -2.34. The van der Waals surface area contributed by atoms with Gasteiger partial charge < -0.3 is 9.88 Å². The number of hydrogen-bond donors (Lipinski definition) is 1. The third-order valence-electron chi connectivity index (χ3n) is 5.46. The molecule has 1 N–H and O–H groups in total. The van der Waals surface area contributed by atoms with Gasteiger partial charge >= 0.3 is 0 Å². The van der Waals surface area contributed by atoms with Gasteiger partial charge in [-0.25, -0.2) is 0 Å². The van der Waals surface area contributed by atoms with Gasteiger partial charge in [-0.3, -0.25) is 14.8 Å². The van der Waals surface area contributed by atoms with Crippen LogP contribution in [0.4, 0.5) is 0 Å². The van der Waals surface area contributed by atoms with Crippen LogP contribution in [0.15, 0.2) is 73.2 Å². The molecule has 4 aromatic rings. The minimum Gasteiger partial charge on any atom is -0.354 e. The minimum absolute atomic E-state index is 0.139. The number of hydrogen-bond acceptors (Lipinski definition) is 3. The molecule has 0 unspecified atom stereocenters. The third kappa shape index (κ3) is 3.63. The quantitative estimate of drug-likeness (QED) is 0.539. The number of amides is 1. The number of para-hydroxylation sites is 1. The summed E-state index contributed by atoms with van der Waals surface area (Å²) in [7, 11) is 0. The first-order chi connectivity index (χ1) is 14.3. The van der Waals surface area contributed by atoms with Crippen molar-refractivity contribution in [2.45, 2.75) is 31.8 Å². The summed E-state index contributed by atoms with van der Waals surface area (Å²) in [6.45, 7) is 0.514. The first-order valence-electron chi connectivity index (χ1n) is 9.99. The van der Waals surface area contributed by atoms with Gasteiger partial charge in [-0.2, -0.15) is 0 Å². The number of aromatic nitrogens is 3. The smallest absolute Gasteiger partial charge is 0.227 e. The molecule has 5 rings (SSSR count). The molecule has 1 saturated carbocycles. The number of aromatic amines is 1. The van der Waals surface area contributed by atoms with Crippen LogP contribution in [0.5, 0.6) is 0 Å². The van der Waals surface area contributed by atoms with Crippen molar-refractivity contribution in [3.05, 3.63) is 84.4 Å².